The van der Waals surface area contributed by atoms with E-state index in [2.05, 4.69) is 61.4 Å². The molecule has 3 rings (SSSR count). The quantitative estimate of drug-likeness (QED) is 0.606. The van der Waals surface area contributed by atoms with E-state index in [-0.39, 0.29) is 0 Å². The lowest BCUT2D eigenvalue weighted by Crippen LogP contribution is -2.02. The van der Waals surface area contributed by atoms with Gasteiger partial charge in [-0.3, -0.25) is 0 Å². The maximum atomic E-state index is 4.38. The maximum absolute atomic E-state index is 4.38. The highest BCUT2D eigenvalue weighted by Gasteiger charge is 2.10. The molecule has 2 aromatic carbocycles. The summed E-state index contributed by atoms with van der Waals surface area (Å²) in [6.45, 7) is 8.43. The molecule has 0 saturated carbocycles. The summed E-state index contributed by atoms with van der Waals surface area (Å²) in [6, 6.07) is 19.0. The van der Waals surface area contributed by atoms with Crippen LogP contribution in [0.2, 0.25) is 0 Å². The third-order valence-corrected chi connectivity index (χ3v) is 3.51. The van der Waals surface area contributed by atoms with Crippen LogP contribution in [0.1, 0.15) is 39.2 Å². The van der Waals surface area contributed by atoms with E-state index in [1.807, 2.05) is 43.1 Å². The molecule has 22 heavy (non-hydrogen) atoms. The SMILES string of the molecule is CC.CC(C)c1ccc(-c2ccccc2)cc1-n1cccn1. The van der Waals surface area contributed by atoms with Crippen LogP contribution in [0.3, 0.4) is 0 Å². The van der Waals surface area contributed by atoms with E-state index < -0.39 is 0 Å². The summed E-state index contributed by atoms with van der Waals surface area (Å²) in [5.74, 6) is 0.471. The van der Waals surface area contributed by atoms with Gasteiger partial charge in [0.1, 0.15) is 0 Å². The zero-order valence-corrected chi connectivity index (χ0v) is 13.8. The van der Waals surface area contributed by atoms with Crippen molar-refractivity contribution in [2.45, 2.75) is 33.6 Å². The highest BCUT2D eigenvalue weighted by atomic mass is 15.3. The van der Waals surface area contributed by atoms with Crippen molar-refractivity contribution in [2.75, 3.05) is 0 Å². The summed E-state index contributed by atoms with van der Waals surface area (Å²) in [7, 11) is 0. The van der Waals surface area contributed by atoms with Gasteiger partial charge >= 0.3 is 0 Å². The molecule has 1 aromatic heterocycles. The molecule has 0 N–H and O–H groups in total. The third-order valence-electron chi connectivity index (χ3n) is 3.51. The number of benzene rings is 2. The molecule has 2 heteroatoms. The molecule has 0 fully saturated rings. The van der Waals surface area contributed by atoms with E-state index >= 15 is 0 Å². The Morgan fingerprint density at radius 3 is 2.18 bits per heavy atom. The second-order valence-electron chi connectivity index (χ2n) is 5.24. The third kappa shape index (κ3) is 3.45. The van der Waals surface area contributed by atoms with Gasteiger partial charge in [0.05, 0.1) is 5.69 Å². The van der Waals surface area contributed by atoms with Crippen molar-refractivity contribution in [1.82, 2.24) is 9.78 Å². The first-order valence-electron chi connectivity index (χ1n) is 7.95. The minimum Gasteiger partial charge on any atom is -0.241 e. The molecule has 3 aromatic rings. The Hall–Kier alpha value is -2.35. The average molecular weight is 292 g/mol. The molecule has 0 saturated heterocycles. The van der Waals surface area contributed by atoms with Crippen molar-refractivity contribution >= 4 is 0 Å². The van der Waals surface area contributed by atoms with Gasteiger partial charge in [0.25, 0.3) is 0 Å². The lowest BCUT2D eigenvalue weighted by atomic mass is 9.96. The van der Waals surface area contributed by atoms with Crippen LogP contribution in [0.25, 0.3) is 16.8 Å². The van der Waals surface area contributed by atoms with Gasteiger partial charge in [0.15, 0.2) is 0 Å². The highest BCUT2D eigenvalue weighted by molar-refractivity contribution is 5.67. The van der Waals surface area contributed by atoms with Gasteiger partial charge in [0, 0.05) is 12.4 Å². The topological polar surface area (TPSA) is 17.8 Å². The Bertz CT molecular complexity index is 683. The molecule has 1 heterocycles. The first-order chi connectivity index (χ1) is 10.8. The zero-order valence-electron chi connectivity index (χ0n) is 13.8. The van der Waals surface area contributed by atoms with E-state index in [1.165, 1.54) is 16.7 Å². The van der Waals surface area contributed by atoms with Crippen LogP contribution < -0.4 is 0 Å². The van der Waals surface area contributed by atoms with Crippen molar-refractivity contribution in [3.63, 3.8) is 0 Å². The van der Waals surface area contributed by atoms with E-state index in [1.54, 1.807) is 0 Å². The Balaban J connectivity index is 0.000000847. The van der Waals surface area contributed by atoms with Crippen LogP contribution in [-0.2, 0) is 0 Å². The van der Waals surface area contributed by atoms with Crippen LogP contribution in [0.4, 0.5) is 0 Å². The molecule has 0 aliphatic heterocycles. The molecular formula is C20H24N2. The zero-order chi connectivity index (χ0) is 15.9. The Kier molecular flexibility index (Phi) is 5.54. The fraction of sp³-hybridized carbons (Fsp3) is 0.250. The minimum absolute atomic E-state index is 0.471. The number of hydrogen-bond donors (Lipinski definition) is 0. The molecular weight excluding hydrogens is 268 g/mol. The van der Waals surface area contributed by atoms with Crippen molar-refractivity contribution < 1.29 is 0 Å². The lowest BCUT2D eigenvalue weighted by molar-refractivity contribution is 0.809. The van der Waals surface area contributed by atoms with Gasteiger partial charge in [-0.1, -0.05) is 70.2 Å². The van der Waals surface area contributed by atoms with Gasteiger partial charge in [-0.15, -0.1) is 0 Å². The van der Waals surface area contributed by atoms with Crippen molar-refractivity contribution in [1.29, 1.82) is 0 Å². The van der Waals surface area contributed by atoms with E-state index in [4.69, 9.17) is 0 Å². The number of nitrogens with zero attached hydrogens (tertiary/aromatic N) is 2. The molecule has 0 unspecified atom stereocenters. The molecule has 0 amide bonds. The highest BCUT2D eigenvalue weighted by Crippen LogP contribution is 2.28. The number of hydrogen-bond acceptors (Lipinski definition) is 1. The second kappa shape index (κ2) is 7.60. The lowest BCUT2D eigenvalue weighted by Gasteiger charge is -2.14. The standard InChI is InChI=1S/C18H18N2.C2H6/c1-14(2)17-10-9-16(15-7-4-3-5-8-15)13-18(17)20-12-6-11-19-20;1-2/h3-14H,1-2H3;1-2H3. The van der Waals surface area contributed by atoms with Crippen molar-refractivity contribution in [3.8, 4) is 16.8 Å². The van der Waals surface area contributed by atoms with Crippen LogP contribution in [0, 0.1) is 0 Å². The monoisotopic (exact) mass is 292 g/mol. The number of rotatable bonds is 3. The first kappa shape index (κ1) is 16.0. The maximum Gasteiger partial charge on any atom is 0.0686 e. The van der Waals surface area contributed by atoms with E-state index in [0.29, 0.717) is 5.92 Å². The Morgan fingerprint density at radius 1 is 0.864 bits per heavy atom. The molecule has 0 bridgehead atoms. The summed E-state index contributed by atoms with van der Waals surface area (Å²) in [5.41, 5.74) is 4.93. The van der Waals surface area contributed by atoms with Gasteiger partial charge in [-0.05, 0) is 34.7 Å². The average Bonchev–Trinajstić information content (AvgIpc) is 3.11. The Morgan fingerprint density at radius 2 is 1.59 bits per heavy atom. The van der Waals surface area contributed by atoms with Crippen LogP contribution in [0.15, 0.2) is 67.0 Å². The second-order valence-corrected chi connectivity index (χ2v) is 5.24. The molecule has 0 spiro atoms. The summed E-state index contributed by atoms with van der Waals surface area (Å²) < 4.78 is 1.95. The molecule has 0 radical (unpaired) electrons. The van der Waals surface area contributed by atoms with Crippen molar-refractivity contribution in [3.05, 3.63) is 72.6 Å². The normalized spacial score (nSPS) is 10.2. The number of aromatic nitrogens is 2. The van der Waals surface area contributed by atoms with Gasteiger partial charge in [-0.2, -0.15) is 5.10 Å². The van der Waals surface area contributed by atoms with Crippen LogP contribution in [-0.4, -0.2) is 9.78 Å². The van der Waals surface area contributed by atoms with E-state index in [9.17, 15) is 0 Å². The van der Waals surface area contributed by atoms with Gasteiger partial charge in [-0.25, -0.2) is 4.68 Å². The first-order valence-corrected chi connectivity index (χ1v) is 7.95. The van der Waals surface area contributed by atoms with Gasteiger partial charge in [0.2, 0.25) is 0 Å². The summed E-state index contributed by atoms with van der Waals surface area (Å²) in [4.78, 5) is 0. The minimum atomic E-state index is 0.471. The van der Waals surface area contributed by atoms with Crippen molar-refractivity contribution in [2.24, 2.45) is 0 Å². The summed E-state index contributed by atoms with van der Waals surface area (Å²) >= 11 is 0. The largest absolute Gasteiger partial charge is 0.241 e. The van der Waals surface area contributed by atoms with E-state index in [0.717, 1.165) is 5.69 Å². The fourth-order valence-electron chi connectivity index (χ4n) is 2.45. The molecule has 2 nitrogen and oxygen atoms in total. The van der Waals surface area contributed by atoms with Crippen LogP contribution in [0.5, 0.6) is 0 Å². The smallest absolute Gasteiger partial charge is 0.0686 e. The molecule has 0 aliphatic carbocycles. The Labute approximate surface area is 133 Å². The summed E-state index contributed by atoms with van der Waals surface area (Å²) in [5, 5.41) is 4.38. The molecule has 0 aliphatic rings. The fourth-order valence-corrected chi connectivity index (χ4v) is 2.45. The predicted molar refractivity (Wildman–Crippen MR) is 94.4 cm³/mol. The summed E-state index contributed by atoms with van der Waals surface area (Å²) in [6.07, 6.45) is 3.81. The molecule has 0 atom stereocenters. The van der Waals surface area contributed by atoms with Crippen LogP contribution >= 0.6 is 0 Å². The van der Waals surface area contributed by atoms with Gasteiger partial charge < -0.3 is 0 Å². The predicted octanol–water partition coefficient (Wildman–Crippen LogP) is 5.69. The molecule has 114 valence electrons.